The Morgan fingerprint density at radius 1 is 0.300 bits per heavy atom. The molecule has 3 N–H and O–H groups in total. The molecular formula is C81H136O17P2. The fourth-order valence-electron chi connectivity index (χ4n) is 9.74. The van der Waals surface area contributed by atoms with E-state index in [0.717, 1.165) is 161 Å². The number of hydrogen-bond donors (Lipinski definition) is 3. The minimum atomic E-state index is -5.00. The average Bonchev–Trinajstić information content (AvgIpc) is 1.01. The molecule has 0 aromatic heterocycles. The van der Waals surface area contributed by atoms with Crippen molar-refractivity contribution in [2.24, 2.45) is 0 Å². The highest BCUT2D eigenvalue weighted by atomic mass is 31.2. The second kappa shape index (κ2) is 72.5. The van der Waals surface area contributed by atoms with Gasteiger partial charge in [0.15, 0.2) is 12.2 Å². The average molecular weight is 1440 g/mol. The molecule has 0 fully saturated rings. The zero-order valence-electron chi connectivity index (χ0n) is 62.3. The first-order chi connectivity index (χ1) is 48.7. The molecule has 17 nitrogen and oxygen atoms in total. The molecule has 5 unspecified atom stereocenters. The lowest BCUT2D eigenvalue weighted by molar-refractivity contribution is -0.161. The molecule has 0 aliphatic carbocycles. The Bertz CT molecular complexity index is 2420. The number of ether oxygens (including phenoxy) is 4. The van der Waals surface area contributed by atoms with Crippen LogP contribution in [-0.2, 0) is 65.4 Å². The van der Waals surface area contributed by atoms with E-state index in [0.29, 0.717) is 25.7 Å². The Balaban J connectivity index is 5.46. The van der Waals surface area contributed by atoms with Gasteiger partial charge in [0.25, 0.3) is 0 Å². The zero-order chi connectivity index (χ0) is 73.2. The molecule has 5 atom stereocenters. The molecule has 0 aliphatic rings. The highest BCUT2D eigenvalue weighted by Gasteiger charge is 2.30. The molecule has 0 radical (unpaired) electrons. The third-order valence-electron chi connectivity index (χ3n) is 15.6. The summed E-state index contributed by atoms with van der Waals surface area (Å²) in [7, 11) is -9.99. The van der Waals surface area contributed by atoms with Crippen molar-refractivity contribution in [3.8, 4) is 0 Å². The van der Waals surface area contributed by atoms with Crippen molar-refractivity contribution < 1.29 is 80.2 Å². The summed E-state index contributed by atoms with van der Waals surface area (Å²) in [6.45, 7) is 4.51. The van der Waals surface area contributed by atoms with Crippen molar-refractivity contribution in [1.82, 2.24) is 0 Å². The van der Waals surface area contributed by atoms with Gasteiger partial charge in [-0.1, -0.05) is 258 Å². The molecule has 0 aliphatic heterocycles. The number of rotatable bonds is 71. The van der Waals surface area contributed by atoms with Crippen LogP contribution in [0.25, 0.3) is 0 Å². The van der Waals surface area contributed by atoms with Gasteiger partial charge in [0.1, 0.15) is 19.3 Å². The van der Waals surface area contributed by atoms with Gasteiger partial charge in [-0.05, 0) is 148 Å². The first-order valence-electron chi connectivity index (χ1n) is 38.4. The van der Waals surface area contributed by atoms with Crippen LogP contribution in [0.5, 0.6) is 0 Å². The Labute approximate surface area is 605 Å². The van der Waals surface area contributed by atoms with Gasteiger partial charge in [0, 0.05) is 19.3 Å². The van der Waals surface area contributed by atoms with Gasteiger partial charge < -0.3 is 33.8 Å². The second-order valence-electron chi connectivity index (χ2n) is 25.2. The van der Waals surface area contributed by atoms with Crippen LogP contribution >= 0.6 is 15.6 Å². The third-order valence-corrected chi connectivity index (χ3v) is 17.5. The number of carbonyl (C=O) groups is 4. The number of allylic oxidation sites excluding steroid dienone is 21. The first kappa shape index (κ1) is 95.2. The predicted octanol–water partition coefficient (Wildman–Crippen LogP) is 22.1. The molecule has 0 heterocycles. The van der Waals surface area contributed by atoms with Crippen LogP contribution in [-0.4, -0.2) is 96.7 Å². The molecule has 100 heavy (non-hydrogen) atoms. The van der Waals surface area contributed by atoms with Gasteiger partial charge in [-0.25, -0.2) is 9.13 Å². The molecule has 0 rings (SSSR count). The topological polar surface area (TPSA) is 237 Å². The van der Waals surface area contributed by atoms with Gasteiger partial charge in [0.05, 0.1) is 32.8 Å². The molecule has 0 saturated heterocycles. The van der Waals surface area contributed by atoms with E-state index in [-0.39, 0.29) is 25.7 Å². The van der Waals surface area contributed by atoms with Crippen molar-refractivity contribution in [2.45, 2.75) is 316 Å². The molecule has 0 amide bonds. The summed E-state index contributed by atoms with van der Waals surface area (Å²) in [6.07, 6.45) is 80.3. The highest BCUT2D eigenvalue weighted by Crippen LogP contribution is 2.45. The smallest absolute Gasteiger partial charge is 0.462 e. The molecule has 19 heteroatoms. The van der Waals surface area contributed by atoms with Crippen LogP contribution in [0.15, 0.2) is 134 Å². The summed E-state index contributed by atoms with van der Waals surface area (Å²) in [4.78, 5) is 72.8. The summed E-state index contributed by atoms with van der Waals surface area (Å²) < 4.78 is 68.3. The summed E-state index contributed by atoms with van der Waals surface area (Å²) in [5.74, 6) is -2.37. The van der Waals surface area contributed by atoms with E-state index in [4.69, 9.17) is 37.0 Å². The number of unbranched alkanes of at least 4 members (excludes halogenated alkanes) is 24. The van der Waals surface area contributed by atoms with Crippen molar-refractivity contribution >= 4 is 39.5 Å². The maximum atomic E-state index is 13.1. The fraction of sp³-hybridized carbons (Fsp3) is 0.679. The maximum Gasteiger partial charge on any atom is 0.472 e. The predicted molar refractivity (Wildman–Crippen MR) is 408 cm³/mol. The number of esters is 4. The van der Waals surface area contributed by atoms with Crippen LogP contribution in [0.4, 0.5) is 0 Å². The molecule has 0 aromatic carbocycles. The Morgan fingerprint density at radius 3 is 0.890 bits per heavy atom. The first-order valence-corrected chi connectivity index (χ1v) is 41.4. The largest absolute Gasteiger partial charge is 0.472 e. The molecular weight excluding hydrogens is 1310 g/mol. The molecule has 0 saturated carbocycles. The van der Waals surface area contributed by atoms with E-state index < -0.39 is 97.5 Å². The SMILES string of the molecule is CC/C=C\C/C=C\C/C=C\C/C=C\C/C=C\CC(=O)OCC(COP(=O)(O)OCC(O)COP(=O)(O)OCC(COC(=O)CCCCCCC/C=C\C/C=C\CCCCC)OC(=O)CCCCCCC/C=C\C/C=C\CCCCC)OC(=O)CCCCCCC/C=C\C/C=C\CCCCC. The van der Waals surface area contributed by atoms with Crippen LogP contribution in [0.3, 0.4) is 0 Å². The quantitative estimate of drug-likeness (QED) is 0.0169. The number of phosphoric acid groups is 2. The lowest BCUT2D eigenvalue weighted by Crippen LogP contribution is -2.30. The fourth-order valence-corrected chi connectivity index (χ4v) is 11.3. The Kier molecular flexibility index (Phi) is 69.1. The number of aliphatic hydroxyl groups excluding tert-OH is 1. The van der Waals surface area contributed by atoms with E-state index in [1.54, 1.807) is 6.08 Å². The van der Waals surface area contributed by atoms with Crippen LogP contribution in [0, 0.1) is 0 Å². The lowest BCUT2D eigenvalue weighted by atomic mass is 10.1. The standard InChI is InChI=1S/C81H136O17P2/c1-5-9-13-17-21-25-29-33-37-41-45-49-53-57-61-65-78(83)91-71-76(97-80(85)67-63-59-55-51-47-43-39-35-31-27-23-19-15-11-7-3)73-95-99(87,88)93-69-75(82)70-94-100(89,90)96-74-77(98-81(86)68-64-60-56-52-48-44-40-36-32-28-24-20-16-12-8-4)72-92-79(84)66-62-58-54-50-46-42-38-34-30-26-22-18-14-10-6-2/h9,13,21-28,33-40,45,49,57,61,75-77,82H,5-8,10-12,14-20,29-32,41-44,46-48,50-56,58-60,62-74H2,1-4H3,(H,87,88)(H,89,90)/b13-9-,25-21-,26-22-,27-23-,28-24-,37-33-,38-34-,39-35-,40-36-,49-45-,61-57-. The van der Waals surface area contributed by atoms with Crippen molar-refractivity contribution in [2.75, 3.05) is 39.6 Å². The van der Waals surface area contributed by atoms with Gasteiger partial charge in [-0.2, -0.15) is 0 Å². The normalized spacial score (nSPS) is 14.7. The summed E-state index contributed by atoms with van der Waals surface area (Å²) in [5, 5.41) is 10.6. The van der Waals surface area contributed by atoms with E-state index in [1.165, 1.54) is 57.8 Å². The number of hydrogen-bond acceptors (Lipinski definition) is 15. The summed E-state index contributed by atoms with van der Waals surface area (Å²) in [5.41, 5.74) is 0. The minimum absolute atomic E-state index is 0.0559. The molecule has 0 spiro atoms. The number of aliphatic hydroxyl groups is 1. The Morgan fingerprint density at radius 2 is 0.560 bits per heavy atom. The summed E-state index contributed by atoms with van der Waals surface area (Å²) in [6, 6.07) is 0. The van der Waals surface area contributed by atoms with Crippen LogP contribution in [0.1, 0.15) is 297 Å². The number of phosphoric ester groups is 2. The van der Waals surface area contributed by atoms with Gasteiger partial charge in [-0.15, -0.1) is 0 Å². The van der Waals surface area contributed by atoms with E-state index in [9.17, 15) is 43.2 Å². The second-order valence-corrected chi connectivity index (χ2v) is 28.1. The van der Waals surface area contributed by atoms with Gasteiger partial charge in [-0.3, -0.25) is 37.3 Å². The third kappa shape index (κ3) is 71.6. The van der Waals surface area contributed by atoms with Crippen LogP contribution < -0.4 is 0 Å². The number of carbonyl (C=O) groups excluding carboxylic acids is 4. The van der Waals surface area contributed by atoms with E-state index >= 15 is 0 Å². The zero-order valence-corrected chi connectivity index (χ0v) is 64.1. The molecule has 0 aromatic rings. The van der Waals surface area contributed by atoms with Gasteiger partial charge in [0.2, 0.25) is 0 Å². The van der Waals surface area contributed by atoms with Crippen molar-refractivity contribution in [3.05, 3.63) is 134 Å². The van der Waals surface area contributed by atoms with Crippen molar-refractivity contribution in [3.63, 3.8) is 0 Å². The van der Waals surface area contributed by atoms with E-state index in [1.807, 2.05) is 18.2 Å². The highest BCUT2D eigenvalue weighted by molar-refractivity contribution is 7.47. The maximum absolute atomic E-state index is 13.1. The lowest BCUT2D eigenvalue weighted by Gasteiger charge is -2.21. The van der Waals surface area contributed by atoms with Crippen molar-refractivity contribution in [1.29, 1.82) is 0 Å². The Hall–Kier alpha value is -4.80. The van der Waals surface area contributed by atoms with E-state index in [2.05, 4.69) is 137 Å². The molecule has 0 bridgehead atoms. The molecule has 572 valence electrons. The van der Waals surface area contributed by atoms with Gasteiger partial charge >= 0.3 is 39.5 Å². The minimum Gasteiger partial charge on any atom is -0.462 e. The summed E-state index contributed by atoms with van der Waals surface area (Å²) >= 11 is 0. The monoisotopic (exact) mass is 1440 g/mol. The van der Waals surface area contributed by atoms with Crippen LogP contribution in [0.2, 0.25) is 0 Å².